The molecule has 0 atom stereocenters. The molecule has 0 radical (unpaired) electrons. The van der Waals surface area contributed by atoms with Gasteiger partial charge in [-0.3, -0.25) is 0 Å². The number of nitrogens with one attached hydrogen (secondary N) is 1. The van der Waals surface area contributed by atoms with E-state index in [1.54, 1.807) is 12.1 Å². The second kappa shape index (κ2) is 6.24. The number of hydrogen-bond acceptors (Lipinski definition) is 5. The van der Waals surface area contributed by atoms with Gasteiger partial charge in [-0.15, -0.1) is 10.2 Å². The average molecular weight is 269 g/mol. The third-order valence-electron chi connectivity index (χ3n) is 2.30. The first-order valence-electron chi connectivity index (χ1n) is 5.77. The van der Waals surface area contributed by atoms with E-state index < -0.39 is 6.61 Å². The van der Waals surface area contributed by atoms with E-state index in [1.165, 1.54) is 12.1 Å². The van der Waals surface area contributed by atoms with Crippen molar-refractivity contribution in [3.8, 4) is 17.2 Å². The van der Waals surface area contributed by atoms with E-state index in [0.717, 1.165) is 6.54 Å². The third kappa shape index (κ3) is 3.72. The van der Waals surface area contributed by atoms with Crippen LogP contribution in [0.4, 0.5) is 8.78 Å². The van der Waals surface area contributed by atoms with Crippen molar-refractivity contribution >= 4 is 0 Å². The maximum atomic E-state index is 12.1. The van der Waals surface area contributed by atoms with Crippen LogP contribution in [-0.2, 0) is 6.54 Å². The maximum absolute atomic E-state index is 12.1. The van der Waals surface area contributed by atoms with E-state index >= 15 is 0 Å². The zero-order chi connectivity index (χ0) is 13.7. The second-order valence-corrected chi connectivity index (χ2v) is 3.69. The first-order chi connectivity index (χ1) is 9.19. The summed E-state index contributed by atoms with van der Waals surface area (Å²) in [5.41, 5.74) is 0.536. The lowest BCUT2D eigenvalue weighted by atomic mass is 10.2. The van der Waals surface area contributed by atoms with Crippen LogP contribution in [0.2, 0.25) is 0 Å². The van der Waals surface area contributed by atoms with Crippen LogP contribution in [0.1, 0.15) is 12.8 Å². The lowest BCUT2D eigenvalue weighted by Crippen LogP contribution is -2.11. The molecule has 0 aliphatic heterocycles. The van der Waals surface area contributed by atoms with Gasteiger partial charge >= 0.3 is 6.61 Å². The normalized spacial score (nSPS) is 10.9. The van der Waals surface area contributed by atoms with Gasteiger partial charge in [-0.25, -0.2) is 0 Å². The van der Waals surface area contributed by atoms with Crippen LogP contribution in [0.25, 0.3) is 11.5 Å². The molecular weight excluding hydrogens is 256 g/mol. The van der Waals surface area contributed by atoms with E-state index in [0.29, 0.717) is 18.0 Å². The highest BCUT2D eigenvalue weighted by Gasteiger charge is 2.10. The largest absolute Gasteiger partial charge is 0.435 e. The van der Waals surface area contributed by atoms with Crippen molar-refractivity contribution in [1.82, 2.24) is 15.5 Å². The average Bonchev–Trinajstić information content (AvgIpc) is 2.84. The molecule has 0 unspecified atom stereocenters. The summed E-state index contributed by atoms with van der Waals surface area (Å²) in [5, 5.41) is 10.8. The fraction of sp³-hybridized carbons (Fsp3) is 0.333. The summed E-state index contributed by atoms with van der Waals surface area (Å²) >= 11 is 0. The van der Waals surface area contributed by atoms with Crippen molar-refractivity contribution in [3.05, 3.63) is 30.2 Å². The second-order valence-electron chi connectivity index (χ2n) is 3.69. The summed E-state index contributed by atoms with van der Waals surface area (Å²) in [6.07, 6.45) is 0. The summed E-state index contributed by atoms with van der Waals surface area (Å²) < 4.78 is 33.9. The van der Waals surface area contributed by atoms with Crippen LogP contribution in [0.5, 0.6) is 5.75 Å². The summed E-state index contributed by atoms with van der Waals surface area (Å²) in [6, 6.07) is 6.13. The van der Waals surface area contributed by atoms with E-state index in [1.807, 2.05) is 6.92 Å². The van der Waals surface area contributed by atoms with Crippen LogP contribution in [0.15, 0.2) is 28.7 Å². The molecule has 1 N–H and O–H groups in total. The predicted octanol–water partition coefficient (Wildman–Crippen LogP) is 2.45. The first-order valence-corrected chi connectivity index (χ1v) is 5.77. The van der Waals surface area contributed by atoms with Gasteiger partial charge in [0.1, 0.15) is 5.75 Å². The third-order valence-corrected chi connectivity index (χ3v) is 2.30. The van der Waals surface area contributed by atoms with E-state index in [9.17, 15) is 8.78 Å². The monoisotopic (exact) mass is 269 g/mol. The molecule has 19 heavy (non-hydrogen) atoms. The zero-order valence-electron chi connectivity index (χ0n) is 10.3. The standard InChI is InChI=1S/C12H13F2N3O2/c1-2-15-7-10-16-17-11(19-10)8-4-3-5-9(6-8)18-12(13)14/h3-6,12,15H,2,7H2,1H3. The Kier molecular flexibility index (Phi) is 4.40. The van der Waals surface area contributed by atoms with Crippen LogP contribution >= 0.6 is 0 Å². The summed E-state index contributed by atoms with van der Waals surface area (Å²) in [4.78, 5) is 0. The van der Waals surface area contributed by atoms with Crippen molar-refractivity contribution in [2.45, 2.75) is 20.1 Å². The zero-order valence-corrected chi connectivity index (χ0v) is 10.3. The SMILES string of the molecule is CCNCc1nnc(-c2cccc(OC(F)F)c2)o1. The molecule has 1 aromatic heterocycles. The highest BCUT2D eigenvalue weighted by Crippen LogP contribution is 2.23. The number of nitrogens with zero attached hydrogens (tertiary/aromatic N) is 2. The number of alkyl halides is 2. The van der Waals surface area contributed by atoms with Gasteiger partial charge in [0, 0.05) is 5.56 Å². The van der Waals surface area contributed by atoms with Gasteiger partial charge in [0.2, 0.25) is 11.8 Å². The number of halogens is 2. The summed E-state index contributed by atoms with van der Waals surface area (Å²) in [5.74, 6) is 0.767. The smallest absolute Gasteiger partial charge is 0.387 e. The molecule has 0 aliphatic rings. The molecule has 0 bridgehead atoms. The molecule has 0 saturated heterocycles. The molecule has 0 fully saturated rings. The molecule has 0 spiro atoms. The minimum atomic E-state index is -2.86. The van der Waals surface area contributed by atoms with Crippen molar-refractivity contribution < 1.29 is 17.9 Å². The Morgan fingerprint density at radius 3 is 2.95 bits per heavy atom. The Balaban J connectivity index is 2.14. The Hall–Kier alpha value is -2.02. The van der Waals surface area contributed by atoms with Crippen LogP contribution < -0.4 is 10.1 Å². The predicted molar refractivity (Wildman–Crippen MR) is 63.7 cm³/mol. The first kappa shape index (κ1) is 13.4. The number of benzene rings is 1. The Bertz CT molecular complexity index is 531. The van der Waals surface area contributed by atoms with Gasteiger partial charge in [0.25, 0.3) is 0 Å². The molecule has 2 aromatic rings. The fourth-order valence-electron chi connectivity index (χ4n) is 1.48. The van der Waals surface area contributed by atoms with Crippen LogP contribution in [0, 0.1) is 0 Å². The van der Waals surface area contributed by atoms with Gasteiger partial charge < -0.3 is 14.5 Å². The lowest BCUT2D eigenvalue weighted by Gasteiger charge is -2.04. The number of ether oxygens (including phenoxy) is 1. The fourth-order valence-corrected chi connectivity index (χ4v) is 1.48. The minimum Gasteiger partial charge on any atom is -0.435 e. The molecule has 0 saturated carbocycles. The molecule has 0 amide bonds. The Morgan fingerprint density at radius 2 is 2.21 bits per heavy atom. The molecule has 2 rings (SSSR count). The quantitative estimate of drug-likeness (QED) is 0.872. The van der Waals surface area contributed by atoms with E-state index in [4.69, 9.17) is 4.42 Å². The number of rotatable bonds is 6. The molecule has 102 valence electrons. The van der Waals surface area contributed by atoms with E-state index in [2.05, 4.69) is 20.3 Å². The van der Waals surface area contributed by atoms with E-state index in [-0.39, 0.29) is 11.6 Å². The molecule has 0 aliphatic carbocycles. The van der Waals surface area contributed by atoms with Crippen LogP contribution in [0.3, 0.4) is 0 Å². The van der Waals surface area contributed by atoms with Gasteiger partial charge in [-0.05, 0) is 24.7 Å². The van der Waals surface area contributed by atoms with Gasteiger partial charge in [-0.2, -0.15) is 8.78 Å². The molecule has 7 heteroatoms. The Morgan fingerprint density at radius 1 is 1.37 bits per heavy atom. The molecule has 1 aromatic carbocycles. The Labute approximate surface area is 108 Å². The van der Waals surface area contributed by atoms with Crippen molar-refractivity contribution in [2.75, 3.05) is 6.54 Å². The highest BCUT2D eigenvalue weighted by atomic mass is 19.3. The van der Waals surface area contributed by atoms with Gasteiger partial charge in [0.15, 0.2) is 0 Å². The van der Waals surface area contributed by atoms with Crippen molar-refractivity contribution in [3.63, 3.8) is 0 Å². The molecule has 1 heterocycles. The lowest BCUT2D eigenvalue weighted by molar-refractivity contribution is -0.0498. The summed E-state index contributed by atoms with van der Waals surface area (Å²) in [7, 11) is 0. The number of aromatic nitrogens is 2. The van der Waals surface area contributed by atoms with Crippen molar-refractivity contribution in [2.24, 2.45) is 0 Å². The topological polar surface area (TPSA) is 60.2 Å². The van der Waals surface area contributed by atoms with Crippen LogP contribution in [-0.4, -0.2) is 23.4 Å². The van der Waals surface area contributed by atoms with Gasteiger partial charge in [-0.1, -0.05) is 13.0 Å². The summed E-state index contributed by atoms with van der Waals surface area (Å²) in [6.45, 7) is 0.358. The molecule has 5 nitrogen and oxygen atoms in total. The number of hydrogen-bond donors (Lipinski definition) is 1. The molecular formula is C12H13F2N3O2. The minimum absolute atomic E-state index is 0.0546. The van der Waals surface area contributed by atoms with Gasteiger partial charge in [0.05, 0.1) is 6.54 Å². The van der Waals surface area contributed by atoms with Crippen molar-refractivity contribution in [1.29, 1.82) is 0 Å². The maximum Gasteiger partial charge on any atom is 0.387 e. The highest BCUT2D eigenvalue weighted by molar-refractivity contribution is 5.55.